The second kappa shape index (κ2) is 6.54. The van der Waals surface area contributed by atoms with Crippen LogP contribution in [0.1, 0.15) is 29.0 Å². The second-order valence-corrected chi connectivity index (χ2v) is 7.57. The number of carbonyl (C=O) groups excluding carboxylic acids is 1. The molecule has 0 bridgehead atoms. The molecule has 2 aromatic rings. The van der Waals surface area contributed by atoms with Crippen molar-refractivity contribution in [1.29, 1.82) is 0 Å². The summed E-state index contributed by atoms with van der Waals surface area (Å²) < 4.78 is 0. The Labute approximate surface area is 147 Å². The molecular weight excluding hydrogens is 316 g/mol. The topological polar surface area (TPSA) is 23.6 Å². The predicted molar refractivity (Wildman–Crippen MR) is 99.0 cm³/mol. The van der Waals surface area contributed by atoms with Crippen molar-refractivity contribution < 1.29 is 4.79 Å². The standard InChI is InChI=1S/C20H22N2OS/c1-15(13-17-6-4-12-24-17)20(23)22-11-10-21-9-8-16-5-2-3-7-18(16)19(21)14-22/h2-7,12-13,19H,8-11,14H2,1H3/b15-13+. The molecule has 0 radical (unpaired) electrons. The third-order valence-corrected chi connectivity index (χ3v) is 5.92. The monoisotopic (exact) mass is 338 g/mol. The minimum Gasteiger partial charge on any atom is -0.336 e. The van der Waals surface area contributed by atoms with Gasteiger partial charge in [-0.25, -0.2) is 0 Å². The molecular formula is C20H22N2OS. The Bertz CT molecular complexity index is 766. The molecule has 0 saturated carbocycles. The van der Waals surface area contributed by atoms with Crippen LogP contribution in [-0.4, -0.2) is 41.9 Å². The molecule has 4 heteroatoms. The summed E-state index contributed by atoms with van der Waals surface area (Å²) in [4.78, 5) is 18.6. The van der Waals surface area contributed by atoms with Gasteiger partial charge in [0, 0.05) is 36.6 Å². The molecule has 0 spiro atoms. The molecule has 0 N–H and O–H groups in total. The fraction of sp³-hybridized carbons (Fsp3) is 0.350. The van der Waals surface area contributed by atoms with Gasteiger partial charge in [-0.2, -0.15) is 0 Å². The molecule has 1 unspecified atom stereocenters. The fourth-order valence-electron chi connectivity index (χ4n) is 3.82. The summed E-state index contributed by atoms with van der Waals surface area (Å²) in [5.74, 6) is 0.172. The molecule has 1 atom stereocenters. The van der Waals surface area contributed by atoms with E-state index in [1.165, 1.54) is 11.1 Å². The van der Waals surface area contributed by atoms with Crippen LogP contribution in [0.5, 0.6) is 0 Å². The molecule has 3 nitrogen and oxygen atoms in total. The summed E-state index contributed by atoms with van der Waals surface area (Å²) in [5.41, 5.74) is 3.68. The Morgan fingerprint density at radius 2 is 2.04 bits per heavy atom. The SMILES string of the molecule is C/C(=C\c1cccs1)C(=O)N1CCN2CCc3ccccc3C2C1. The molecule has 0 aliphatic carbocycles. The first-order valence-corrected chi connectivity index (χ1v) is 9.43. The number of nitrogens with zero attached hydrogens (tertiary/aromatic N) is 2. The first-order chi connectivity index (χ1) is 11.7. The molecule has 1 amide bonds. The van der Waals surface area contributed by atoms with Crippen LogP contribution in [0.2, 0.25) is 0 Å². The van der Waals surface area contributed by atoms with E-state index in [9.17, 15) is 4.79 Å². The van der Waals surface area contributed by atoms with E-state index < -0.39 is 0 Å². The molecule has 4 rings (SSSR count). The molecule has 2 aliphatic rings. The van der Waals surface area contributed by atoms with Crippen LogP contribution in [0.25, 0.3) is 6.08 Å². The number of carbonyl (C=O) groups is 1. The second-order valence-electron chi connectivity index (χ2n) is 6.59. The predicted octanol–water partition coefficient (Wildman–Crippen LogP) is 3.59. The number of rotatable bonds is 2. The van der Waals surface area contributed by atoms with Gasteiger partial charge in [0.2, 0.25) is 5.91 Å². The highest BCUT2D eigenvalue weighted by molar-refractivity contribution is 7.10. The summed E-state index contributed by atoms with van der Waals surface area (Å²) in [6.07, 6.45) is 3.13. The van der Waals surface area contributed by atoms with Crippen molar-refractivity contribution in [2.24, 2.45) is 0 Å². The van der Waals surface area contributed by atoms with Crippen molar-refractivity contribution in [2.75, 3.05) is 26.2 Å². The van der Waals surface area contributed by atoms with Gasteiger partial charge in [-0.1, -0.05) is 30.3 Å². The molecule has 124 valence electrons. The van der Waals surface area contributed by atoms with Crippen LogP contribution >= 0.6 is 11.3 Å². The van der Waals surface area contributed by atoms with Crippen LogP contribution < -0.4 is 0 Å². The van der Waals surface area contributed by atoms with Gasteiger partial charge in [0.1, 0.15) is 0 Å². The highest BCUT2D eigenvalue weighted by Crippen LogP contribution is 2.32. The van der Waals surface area contributed by atoms with E-state index >= 15 is 0 Å². The highest BCUT2D eigenvalue weighted by atomic mass is 32.1. The van der Waals surface area contributed by atoms with Crippen molar-refractivity contribution in [3.8, 4) is 0 Å². The zero-order valence-corrected chi connectivity index (χ0v) is 14.8. The summed E-state index contributed by atoms with van der Waals surface area (Å²) in [6, 6.07) is 13.1. The highest BCUT2D eigenvalue weighted by Gasteiger charge is 2.34. The van der Waals surface area contributed by atoms with E-state index in [2.05, 4.69) is 35.2 Å². The minimum absolute atomic E-state index is 0.172. The molecule has 1 saturated heterocycles. The lowest BCUT2D eigenvalue weighted by Gasteiger charge is -2.45. The van der Waals surface area contributed by atoms with Gasteiger partial charge in [0.25, 0.3) is 0 Å². The fourth-order valence-corrected chi connectivity index (χ4v) is 4.53. The molecule has 1 aromatic carbocycles. The molecule has 3 heterocycles. The van der Waals surface area contributed by atoms with Gasteiger partial charge in [-0.3, -0.25) is 9.69 Å². The first kappa shape index (κ1) is 15.6. The van der Waals surface area contributed by atoms with E-state index in [-0.39, 0.29) is 5.91 Å². The maximum Gasteiger partial charge on any atom is 0.249 e. The number of hydrogen-bond acceptors (Lipinski definition) is 3. The number of fused-ring (bicyclic) bond motifs is 3. The van der Waals surface area contributed by atoms with E-state index in [1.54, 1.807) is 11.3 Å². The zero-order chi connectivity index (χ0) is 16.5. The third-order valence-electron chi connectivity index (χ3n) is 5.10. The maximum absolute atomic E-state index is 12.9. The summed E-state index contributed by atoms with van der Waals surface area (Å²) in [6.45, 7) is 5.63. The van der Waals surface area contributed by atoms with E-state index in [4.69, 9.17) is 0 Å². The Kier molecular flexibility index (Phi) is 4.25. The number of thiophene rings is 1. The average Bonchev–Trinajstić information content (AvgIpc) is 3.13. The van der Waals surface area contributed by atoms with Gasteiger partial charge in [-0.05, 0) is 42.0 Å². The van der Waals surface area contributed by atoms with Gasteiger partial charge >= 0.3 is 0 Å². The summed E-state index contributed by atoms with van der Waals surface area (Å²) in [5, 5.41) is 2.04. The van der Waals surface area contributed by atoms with Crippen LogP contribution in [-0.2, 0) is 11.2 Å². The van der Waals surface area contributed by atoms with Crippen molar-refractivity contribution in [3.63, 3.8) is 0 Å². The maximum atomic E-state index is 12.9. The first-order valence-electron chi connectivity index (χ1n) is 8.55. The van der Waals surface area contributed by atoms with E-state index in [0.717, 1.165) is 43.1 Å². The van der Waals surface area contributed by atoms with Crippen molar-refractivity contribution in [3.05, 3.63) is 63.4 Å². The largest absolute Gasteiger partial charge is 0.336 e. The quantitative estimate of drug-likeness (QED) is 0.781. The van der Waals surface area contributed by atoms with Crippen molar-refractivity contribution in [1.82, 2.24) is 9.80 Å². The average molecular weight is 338 g/mol. The zero-order valence-electron chi connectivity index (χ0n) is 13.9. The lowest BCUT2D eigenvalue weighted by atomic mass is 9.91. The minimum atomic E-state index is 0.172. The molecule has 24 heavy (non-hydrogen) atoms. The number of amides is 1. The van der Waals surface area contributed by atoms with Gasteiger partial charge in [0.05, 0.1) is 6.04 Å². The summed E-state index contributed by atoms with van der Waals surface area (Å²) in [7, 11) is 0. The number of hydrogen-bond donors (Lipinski definition) is 0. The number of piperazine rings is 1. The lowest BCUT2D eigenvalue weighted by molar-refractivity contribution is -0.130. The Hall–Kier alpha value is -1.91. The van der Waals surface area contributed by atoms with Crippen LogP contribution in [0.15, 0.2) is 47.4 Å². The van der Waals surface area contributed by atoms with Crippen molar-refractivity contribution >= 4 is 23.3 Å². The Balaban J connectivity index is 1.54. The summed E-state index contributed by atoms with van der Waals surface area (Å²) >= 11 is 1.67. The molecule has 1 aromatic heterocycles. The molecule has 1 fully saturated rings. The van der Waals surface area contributed by atoms with Gasteiger partial charge in [0.15, 0.2) is 0 Å². The van der Waals surface area contributed by atoms with Crippen LogP contribution in [0.3, 0.4) is 0 Å². The Morgan fingerprint density at radius 1 is 1.17 bits per heavy atom. The lowest BCUT2D eigenvalue weighted by Crippen LogP contribution is -2.52. The Morgan fingerprint density at radius 3 is 2.88 bits per heavy atom. The van der Waals surface area contributed by atoms with Gasteiger partial charge in [-0.15, -0.1) is 11.3 Å². The van der Waals surface area contributed by atoms with Crippen LogP contribution in [0.4, 0.5) is 0 Å². The smallest absolute Gasteiger partial charge is 0.249 e. The van der Waals surface area contributed by atoms with E-state index in [0.29, 0.717) is 6.04 Å². The molecule has 2 aliphatic heterocycles. The number of benzene rings is 1. The normalized spacial score (nSPS) is 21.3. The van der Waals surface area contributed by atoms with Crippen molar-refractivity contribution in [2.45, 2.75) is 19.4 Å². The van der Waals surface area contributed by atoms with Gasteiger partial charge < -0.3 is 4.90 Å². The van der Waals surface area contributed by atoms with E-state index in [1.807, 2.05) is 29.3 Å². The van der Waals surface area contributed by atoms with Crippen LogP contribution in [0, 0.1) is 0 Å². The third kappa shape index (κ3) is 2.92.